The molecule has 0 spiro atoms. The number of hydrazine groups is 1. The molecule has 4 rings (SSSR count). The van der Waals surface area contributed by atoms with Crippen LogP contribution in [0.1, 0.15) is 51.4 Å². The van der Waals surface area contributed by atoms with Crippen molar-refractivity contribution < 1.29 is 19.1 Å². The molecule has 1 fully saturated rings. The van der Waals surface area contributed by atoms with Gasteiger partial charge in [0.25, 0.3) is 11.1 Å². The molecule has 1 unspecified atom stereocenters. The summed E-state index contributed by atoms with van der Waals surface area (Å²) in [5.74, 6) is 1.89. The minimum atomic E-state index is -0.163. The second-order valence-corrected chi connectivity index (χ2v) is 10.7. The van der Waals surface area contributed by atoms with Crippen molar-refractivity contribution in [1.29, 1.82) is 0 Å². The number of carbonyl (C=O) groups excluding carboxylic acids is 2. The molecular formula is C27H32N4O4S2. The first-order valence-corrected chi connectivity index (χ1v) is 14.0. The van der Waals surface area contributed by atoms with Gasteiger partial charge in [-0.05, 0) is 56.2 Å². The molecule has 10 heteroatoms. The second kappa shape index (κ2) is 12.0. The Kier molecular flexibility index (Phi) is 8.73. The third-order valence-corrected chi connectivity index (χ3v) is 8.11. The van der Waals surface area contributed by atoms with Gasteiger partial charge in [-0.15, -0.1) is 11.3 Å². The molecule has 37 heavy (non-hydrogen) atoms. The van der Waals surface area contributed by atoms with Crippen molar-refractivity contribution in [2.45, 2.75) is 40.3 Å². The van der Waals surface area contributed by atoms with Crippen LogP contribution in [0.25, 0.3) is 0 Å². The molecule has 196 valence electrons. The fraction of sp³-hybridized carbons (Fsp3) is 0.370. The summed E-state index contributed by atoms with van der Waals surface area (Å²) < 4.78 is 11.2. The van der Waals surface area contributed by atoms with E-state index in [0.29, 0.717) is 47.5 Å². The van der Waals surface area contributed by atoms with E-state index in [9.17, 15) is 9.59 Å². The Morgan fingerprint density at radius 3 is 2.51 bits per heavy atom. The van der Waals surface area contributed by atoms with E-state index in [4.69, 9.17) is 9.47 Å². The topological polar surface area (TPSA) is 84.0 Å². The molecular weight excluding hydrogens is 508 g/mol. The summed E-state index contributed by atoms with van der Waals surface area (Å²) in [5.41, 5.74) is 3.47. The Labute approximate surface area is 225 Å². The van der Waals surface area contributed by atoms with Crippen LogP contribution in [0.3, 0.4) is 0 Å². The van der Waals surface area contributed by atoms with E-state index in [1.807, 2.05) is 63.2 Å². The fourth-order valence-corrected chi connectivity index (χ4v) is 6.16. The zero-order valence-electron chi connectivity index (χ0n) is 21.7. The van der Waals surface area contributed by atoms with Crippen molar-refractivity contribution in [3.63, 3.8) is 0 Å². The first kappa shape index (κ1) is 27.0. The predicted molar refractivity (Wildman–Crippen MR) is 149 cm³/mol. The SMILES string of the molecule is CCOc1ccc(C2CSC(=O)N(Cc3ccc(NC(=O)c4sc(C)nc4C)cc3)N2CC)cc1OC. The van der Waals surface area contributed by atoms with Gasteiger partial charge in [0.15, 0.2) is 11.5 Å². The van der Waals surface area contributed by atoms with Gasteiger partial charge in [0, 0.05) is 18.0 Å². The van der Waals surface area contributed by atoms with E-state index >= 15 is 0 Å². The molecule has 2 aromatic carbocycles. The van der Waals surface area contributed by atoms with Crippen LogP contribution in [0, 0.1) is 13.8 Å². The first-order valence-electron chi connectivity index (χ1n) is 12.2. The van der Waals surface area contributed by atoms with Crippen molar-refractivity contribution in [2.75, 3.05) is 31.3 Å². The third-order valence-electron chi connectivity index (χ3n) is 6.10. The Hall–Kier alpha value is -3.08. The molecule has 0 bridgehead atoms. The van der Waals surface area contributed by atoms with Crippen LogP contribution in [0.4, 0.5) is 10.5 Å². The summed E-state index contributed by atoms with van der Waals surface area (Å²) >= 11 is 2.70. The van der Waals surface area contributed by atoms with Gasteiger partial charge in [-0.25, -0.2) is 9.99 Å². The van der Waals surface area contributed by atoms with Crippen molar-refractivity contribution in [1.82, 2.24) is 15.0 Å². The zero-order chi connectivity index (χ0) is 26.5. The van der Waals surface area contributed by atoms with E-state index in [2.05, 4.69) is 22.2 Å². The standard InChI is InChI=1S/C27H32N4O4S2/c1-6-30-22(20-10-13-23(35-7-2)24(14-20)34-5)16-36-27(33)31(30)15-19-8-11-21(12-9-19)29-26(32)25-17(3)28-18(4)37-25/h8-14,22H,6-7,15-16H2,1-5H3,(H,29,32). The smallest absolute Gasteiger partial charge is 0.296 e. The summed E-state index contributed by atoms with van der Waals surface area (Å²) in [6.45, 7) is 9.39. The minimum absolute atomic E-state index is 0.0157. The van der Waals surface area contributed by atoms with Gasteiger partial charge in [0.05, 0.1) is 37.0 Å². The number of benzene rings is 2. The minimum Gasteiger partial charge on any atom is -0.493 e. The zero-order valence-corrected chi connectivity index (χ0v) is 23.4. The lowest BCUT2D eigenvalue weighted by Crippen LogP contribution is -2.50. The predicted octanol–water partition coefficient (Wildman–Crippen LogP) is 6.07. The Morgan fingerprint density at radius 2 is 1.89 bits per heavy atom. The van der Waals surface area contributed by atoms with E-state index in [-0.39, 0.29) is 17.2 Å². The van der Waals surface area contributed by atoms with Crippen molar-refractivity contribution in [2.24, 2.45) is 0 Å². The number of hydrogen-bond donors (Lipinski definition) is 1. The number of rotatable bonds is 9. The molecule has 1 atom stereocenters. The highest BCUT2D eigenvalue weighted by Gasteiger charge is 2.34. The van der Waals surface area contributed by atoms with Crippen LogP contribution in [0.2, 0.25) is 0 Å². The van der Waals surface area contributed by atoms with Crippen LogP contribution in [-0.2, 0) is 6.54 Å². The van der Waals surface area contributed by atoms with Crippen molar-refractivity contribution in [3.8, 4) is 11.5 Å². The Bertz CT molecular complexity index is 1260. The highest BCUT2D eigenvalue weighted by Crippen LogP contribution is 2.38. The number of thiazole rings is 1. The number of thioether (sulfide) groups is 1. The number of ether oxygens (including phenoxy) is 2. The lowest BCUT2D eigenvalue weighted by atomic mass is 10.1. The molecule has 1 aliphatic heterocycles. The van der Waals surface area contributed by atoms with Crippen LogP contribution in [0.15, 0.2) is 42.5 Å². The van der Waals surface area contributed by atoms with E-state index in [1.165, 1.54) is 23.1 Å². The fourth-order valence-electron chi connectivity index (χ4n) is 4.36. The second-order valence-electron chi connectivity index (χ2n) is 8.55. The number of nitrogens with one attached hydrogen (secondary N) is 1. The first-order chi connectivity index (χ1) is 17.8. The number of nitrogens with zero attached hydrogens (tertiary/aromatic N) is 3. The Balaban J connectivity index is 1.48. The van der Waals surface area contributed by atoms with Crippen LogP contribution in [-0.4, -0.2) is 52.2 Å². The van der Waals surface area contributed by atoms with E-state index in [0.717, 1.165) is 21.8 Å². The average Bonchev–Trinajstić information content (AvgIpc) is 3.24. The molecule has 2 amide bonds. The van der Waals surface area contributed by atoms with Gasteiger partial charge in [0.2, 0.25) is 0 Å². The molecule has 1 aliphatic rings. The molecule has 0 radical (unpaired) electrons. The maximum absolute atomic E-state index is 13.0. The number of hydrogen-bond acceptors (Lipinski definition) is 8. The number of aromatic nitrogens is 1. The van der Waals surface area contributed by atoms with Gasteiger partial charge in [-0.1, -0.05) is 36.9 Å². The lowest BCUT2D eigenvalue weighted by molar-refractivity contribution is -0.0142. The number of methoxy groups -OCH3 is 1. The molecule has 2 heterocycles. The molecule has 1 aromatic heterocycles. The number of aryl methyl sites for hydroxylation is 2. The third kappa shape index (κ3) is 6.08. The van der Waals surface area contributed by atoms with Crippen molar-refractivity contribution >= 4 is 39.9 Å². The number of anilines is 1. The largest absolute Gasteiger partial charge is 0.493 e. The maximum atomic E-state index is 13.0. The number of carbonyl (C=O) groups is 2. The van der Waals surface area contributed by atoms with Crippen LogP contribution < -0.4 is 14.8 Å². The monoisotopic (exact) mass is 540 g/mol. The summed E-state index contributed by atoms with van der Waals surface area (Å²) in [7, 11) is 1.64. The van der Waals surface area contributed by atoms with Crippen LogP contribution >= 0.6 is 23.1 Å². The van der Waals surface area contributed by atoms with Crippen LogP contribution in [0.5, 0.6) is 11.5 Å². The summed E-state index contributed by atoms with van der Waals surface area (Å²) in [4.78, 5) is 30.5. The summed E-state index contributed by atoms with van der Waals surface area (Å²) in [6, 6.07) is 13.6. The van der Waals surface area contributed by atoms with E-state index < -0.39 is 0 Å². The quantitative estimate of drug-likeness (QED) is 0.353. The molecule has 0 aliphatic carbocycles. The summed E-state index contributed by atoms with van der Waals surface area (Å²) in [6.07, 6.45) is 0. The van der Waals surface area contributed by atoms with Crippen molar-refractivity contribution in [3.05, 3.63) is 69.2 Å². The molecule has 0 saturated carbocycles. The summed E-state index contributed by atoms with van der Waals surface area (Å²) in [5, 5.41) is 7.74. The van der Waals surface area contributed by atoms with Gasteiger partial charge in [-0.3, -0.25) is 14.6 Å². The average molecular weight is 541 g/mol. The highest BCUT2D eigenvalue weighted by atomic mass is 32.2. The van der Waals surface area contributed by atoms with E-state index in [1.54, 1.807) is 12.1 Å². The molecule has 8 nitrogen and oxygen atoms in total. The lowest BCUT2D eigenvalue weighted by Gasteiger charge is -2.43. The number of amides is 2. The highest BCUT2D eigenvalue weighted by molar-refractivity contribution is 8.13. The van der Waals surface area contributed by atoms with Gasteiger partial charge in [-0.2, -0.15) is 0 Å². The molecule has 3 aromatic rings. The Morgan fingerprint density at radius 1 is 1.14 bits per heavy atom. The van der Waals surface area contributed by atoms with Gasteiger partial charge < -0.3 is 14.8 Å². The molecule has 1 saturated heterocycles. The maximum Gasteiger partial charge on any atom is 0.296 e. The van der Waals surface area contributed by atoms with Gasteiger partial charge in [0.1, 0.15) is 4.88 Å². The molecule has 1 N–H and O–H groups in total. The normalized spacial score (nSPS) is 16.1. The van der Waals surface area contributed by atoms with Gasteiger partial charge >= 0.3 is 0 Å².